The number of hydrogen-bond donors (Lipinski definition) is 0. The molecule has 1 rings (SSSR count). The van der Waals surface area contributed by atoms with Crippen LogP contribution in [-0.2, 0) is 6.54 Å². The molecule has 1 aromatic rings. The number of halogens is 1. The van der Waals surface area contributed by atoms with E-state index in [0.29, 0.717) is 5.15 Å². The van der Waals surface area contributed by atoms with E-state index in [1.807, 2.05) is 13.8 Å². The van der Waals surface area contributed by atoms with Crippen LogP contribution in [0.25, 0.3) is 0 Å². The van der Waals surface area contributed by atoms with E-state index in [2.05, 4.69) is 11.9 Å². The van der Waals surface area contributed by atoms with E-state index in [-0.39, 0.29) is 11.5 Å². The Balaban J connectivity index is 2.49. The zero-order chi connectivity index (χ0) is 15.0. The summed E-state index contributed by atoms with van der Waals surface area (Å²) < 4.78 is 1.78. The van der Waals surface area contributed by atoms with Gasteiger partial charge in [-0.25, -0.2) is 4.98 Å². The first-order chi connectivity index (χ1) is 9.56. The lowest BCUT2D eigenvalue weighted by molar-refractivity contribution is 0.515. The molecule has 0 aliphatic carbocycles. The summed E-state index contributed by atoms with van der Waals surface area (Å²) in [4.78, 5) is 16.3. The Kier molecular flexibility index (Phi) is 7.90. The predicted octanol–water partition coefficient (Wildman–Crippen LogP) is 4.77. The molecule has 0 aromatic carbocycles. The molecule has 114 valence electrons. The zero-order valence-electron chi connectivity index (χ0n) is 13.0. The van der Waals surface area contributed by atoms with Gasteiger partial charge in [-0.05, 0) is 6.42 Å². The summed E-state index contributed by atoms with van der Waals surface area (Å²) in [5, 5.41) is 0.300. The highest BCUT2D eigenvalue weighted by molar-refractivity contribution is 6.29. The van der Waals surface area contributed by atoms with Crippen molar-refractivity contribution in [3.63, 3.8) is 0 Å². The van der Waals surface area contributed by atoms with Gasteiger partial charge < -0.3 is 0 Å². The molecule has 0 unspecified atom stereocenters. The molecule has 0 saturated carbocycles. The lowest BCUT2D eigenvalue weighted by Gasteiger charge is -2.14. The van der Waals surface area contributed by atoms with Gasteiger partial charge in [0.25, 0.3) is 5.56 Å². The molecule has 0 amide bonds. The Hall–Kier alpha value is -0.830. The number of rotatable bonds is 9. The van der Waals surface area contributed by atoms with E-state index >= 15 is 0 Å². The molecule has 0 aliphatic rings. The fourth-order valence-electron chi connectivity index (χ4n) is 2.39. The zero-order valence-corrected chi connectivity index (χ0v) is 13.7. The first-order valence-corrected chi connectivity index (χ1v) is 8.21. The largest absolute Gasteiger partial charge is 0.296 e. The van der Waals surface area contributed by atoms with Gasteiger partial charge in [0, 0.05) is 18.5 Å². The highest BCUT2D eigenvalue weighted by Crippen LogP contribution is 2.14. The fraction of sp³-hybridized carbons (Fsp3) is 0.750. The number of hydrogen-bond acceptors (Lipinski definition) is 2. The molecule has 3 nitrogen and oxygen atoms in total. The van der Waals surface area contributed by atoms with Crippen LogP contribution >= 0.6 is 11.6 Å². The summed E-state index contributed by atoms with van der Waals surface area (Å²) in [7, 11) is 0. The normalized spacial score (nSPS) is 11.2. The molecular formula is C16H27ClN2O. The molecule has 0 N–H and O–H groups in total. The summed E-state index contributed by atoms with van der Waals surface area (Å²) >= 11 is 5.87. The average Bonchev–Trinajstić information content (AvgIpc) is 2.39. The van der Waals surface area contributed by atoms with Crippen LogP contribution in [0.4, 0.5) is 0 Å². The minimum Gasteiger partial charge on any atom is -0.296 e. The summed E-state index contributed by atoms with van der Waals surface area (Å²) in [6.45, 7) is 7.07. The minimum atomic E-state index is -0.0281. The minimum absolute atomic E-state index is 0.0281. The topological polar surface area (TPSA) is 34.9 Å². The summed E-state index contributed by atoms with van der Waals surface area (Å²) in [5.41, 5.74) is -0.0281. The van der Waals surface area contributed by atoms with Gasteiger partial charge in [-0.2, -0.15) is 0 Å². The van der Waals surface area contributed by atoms with Gasteiger partial charge >= 0.3 is 0 Å². The Morgan fingerprint density at radius 2 is 1.75 bits per heavy atom. The number of nitrogens with zero attached hydrogens (tertiary/aromatic N) is 2. The van der Waals surface area contributed by atoms with Crippen LogP contribution in [0.5, 0.6) is 0 Å². The number of aromatic nitrogens is 2. The maximum Gasteiger partial charge on any atom is 0.254 e. The summed E-state index contributed by atoms with van der Waals surface area (Å²) in [5.74, 6) is 1.01. The Morgan fingerprint density at radius 1 is 1.15 bits per heavy atom. The highest BCUT2D eigenvalue weighted by Gasteiger charge is 2.10. The fourth-order valence-corrected chi connectivity index (χ4v) is 2.57. The van der Waals surface area contributed by atoms with Crippen molar-refractivity contribution < 1.29 is 0 Å². The average molecular weight is 299 g/mol. The van der Waals surface area contributed by atoms with E-state index in [1.165, 1.54) is 44.6 Å². The SMILES string of the molecule is CCCCCCCCCn1c(C(C)C)nc(Cl)cc1=O. The van der Waals surface area contributed by atoms with Crippen molar-refractivity contribution in [2.45, 2.75) is 78.2 Å². The second-order valence-corrected chi connectivity index (χ2v) is 6.09. The Bertz CT molecular complexity index is 454. The van der Waals surface area contributed by atoms with Gasteiger partial charge in [0.1, 0.15) is 11.0 Å². The first-order valence-electron chi connectivity index (χ1n) is 7.83. The van der Waals surface area contributed by atoms with Crippen molar-refractivity contribution in [2.75, 3.05) is 0 Å². The van der Waals surface area contributed by atoms with Gasteiger partial charge in [-0.1, -0.05) is 70.9 Å². The van der Waals surface area contributed by atoms with Gasteiger partial charge in [-0.15, -0.1) is 0 Å². The Morgan fingerprint density at radius 3 is 2.35 bits per heavy atom. The Labute approximate surface area is 127 Å². The smallest absolute Gasteiger partial charge is 0.254 e. The molecule has 0 radical (unpaired) electrons. The maximum atomic E-state index is 12.0. The first kappa shape index (κ1) is 17.2. The van der Waals surface area contributed by atoms with Crippen molar-refractivity contribution in [1.82, 2.24) is 9.55 Å². The third kappa shape index (κ3) is 5.66. The monoisotopic (exact) mass is 298 g/mol. The van der Waals surface area contributed by atoms with Crippen LogP contribution in [0, 0.1) is 0 Å². The van der Waals surface area contributed by atoms with Gasteiger partial charge in [-0.3, -0.25) is 9.36 Å². The van der Waals surface area contributed by atoms with Crippen LogP contribution in [0.2, 0.25) is 5.15 Å². The molecule has 0 saturated heterocycles. The van der Waals surface area contributed by atoms with Crippen molar-refractivity contribution in [3.8, 4) is 0 Å². The van der Waals surface area contributed by atoms with E-state index in [1.54, 1.807) is 4.57 Å². The molecular weight excluding hydrogens is 272 g/mol. The van der Waals surface area contributed by atoms with E-state index in [4.69, 9.17) is 11.6 Å². The standard InChI is InChI=1S/C16H27ClN2O/c1-4-5-6-7-8-9-10-11-19-15(20)12-14(17)18-16(19)13(2)3/h12-13H,4-11H2,1-3H3. The third-order valence-corrected chi connectivity index (χ3v) is 3.70. The lowest BCUT2D eigenvalue weighted by atomic mass is 10.1. The summed E-state index contributed by atoms with van der Waals surface area (Å²) in [6, 6.07) is 1.41. The van der Waals surface area contributed by atoms with Crippen LogP contribution < -0.4 is 5.56 Å². The van der Waals surface area contributed by atoms with Crippen LogP contribution in [0.3, 0.4) is 0 Å². The van der Waals surface area contributed by atoms with E-state index in [0.717, 1.165) is 18.8 Å². The van der Waals surface area contributed by atoms with Crippen LogP contribution in [-0.4, -0.2) is 9.55 Å². The molecule has 1 heterocycles. The van der Waals surface area contributed by atoms with Crippen LogP contribution in [0.15, 0.2) is 10.9 Å². The van der Waals surface area contributed by atoms with Crippen molar-refractivity contribution >= 4 is 11.6 Å². The highest BCUT2D eigenvalue weighted by atomic mass is 35.5. The van der Waals surface area contributed by atoms with Gasteiger partial charge in [0.05, 0.1) is 0 Å². The molecule has 0 aliphatic heterocycles. The quantitative estimate of drug-likeness (QED) is 0.486. The molecule has 20 heavy (non-hydrogen) atoms. The van der Waals surface area contributed by atoms with E-state index < -0.39 is 0 Å². The number of unbranched alkanes of at least 4 members (excludes halogenated alkanes) is 6. The van der Waals surface area contributed by atoms with E-state index in [9.17, 15) is 4.79 Å². The van der Waals surface area contributed by atoms with Crippen LogP contribution in [0.1, 0.15) is 77.5 Å². The molecule has 0 spiro atoms. The molecule has 0 bridgehead atoms. The second kappa shape index (κ2) is 9.17. The maximum absolute atomic E-state index is 12.0. The van der Waals surface area contributed by atoms with Crippen molar-refractivity contribution in [2.24, 2.45) is 0 Å². The summed E-state index contributed by atoms with van der Waals surface area (Å²) in [6.07, 6.45) is 8.72. The van der Waals surface area contributed by atoms with Crippen molar-refractivity contribution in [3.05, 3.63) is 27.4 Å². The van der Waals surface area contributed by atoms with Crippen molar-refractivity contribution in [1.29, 1.82) is 0 Å². The van der Waals surface area contributed by atoms with Gasteiger partial charge in [0.15, 0.2) is 0 Å². The molecule has 4 heteroatoms. The predicted molar refractivity (Wildman–Crippen MR) is 85.6 cm³/mol. The molecule has 1 aromatic heterocycles. The lowest BCUT2D eigenvalue weighted by Crippen LogP contribution is -2.25. The van der Waals surface area contributed by atoms with Gasteiger partial charge in [0.2, 0.25) is 0 Å². The molecule has 0 atom stereocenters. The third-order valence-electron chi connectivity index (χ3n) is 3.51. The molecule has 0 fully saturated rings. The second-order valence-electron chi connectivity index (χ2n) is 5.70.